The first kappa shape index (κ1) is 14.1. The quantitative estimate of drug-likeness (QED) is 0.780. The number of rotatable bonds is 7. The monoisotopic (exact) mass is 295 g/mol. The Morgan fingerprint density at radius 1 is 1.40 bits per heavy atom. The summed E-state index contributed by atoms with van der Waals surface area (Å²) in [4.78, 5) is 8.92. The van der Waals surface area contributed by atoms with Gasteiger partial charge in [0, 0.05) is 32.2 Å². The van der Waals surface area contributed by atoms with Gasteiger partial charge in [0.1, 0.15) is 16.8 Å². The molecular weight excluding hydrogens is 274 g/mol. The van der Waals surface area contributed by atoms with E-state index in [9.17, 15) is 0 Å². The van der Waals surface area contributed by atoms with Crippen LogP contribution in [-0.2, 0) is 4.74 Å². The van der Waals surface area contributed by atoms with Gasteiger partial charge in [-0.25, -0.2) is 9.97 Å². The van der Waals surface area contributed by atoms with Crippen molar-refractivity contribution in [3.8, 4) is 0 Å². The third-order valence-corrected chi connectivity index (χ3v) is 4.74. The highest BCUT2D eigenvalue weighted by molar-refractivity contribution is 6.29. The summed E-state index contributed by atoms with van der Waals surface area (Å²) >= 11 is 6.09. The highest BCUT2D eigenvalue weighted by Gasteiger charge is 2.36. The van der Waals surface area contributed by atoms with Crippen LogP contribution in [-0.4, -0.2) is 30.2 Å². The van der Waals surface area contributed by atoms with E-state index in [1.54, 1.807) is 7.11 Å². The zero-order valence-electron chi connectivity index (χ0n) is 12.0. The smallest absolute Gasteiger partial charge is 0.135 e. The topological polar surface area (TPSA) is 47.0 Å². The van der Waals surface area contributed by atoms with E-state index in [-0.39, 0.29) is 0 Å². The van der Waals surface area contributed by atoms with Crippen LogP contribution in [0.5, 0.6) is 0 Å². The van der Waals surface area contributed by atoms with Crippen LogP contribution in [0, 0.1) is 5.41 Å². The van der Waals surface area contributed by atoms with E-state index in [4.69, 9.17) is 16.3 Å². The number of nitrogens with one attached hydrogen (secondary N) is 1. The van der Waals surface area contributed by atoms with Crippen LogP contribution < -0.4 is 5.32 Å². The number of hydrogen-bond donors (Lipinski definition) is 1. The van der Waals surface area contributed by atoms with Crippen LogP contribution >= 0.6 is 11.6 Å². The lowest BCUT2D eigenvalue weighted by Gasteiger charge is -2.42. The molecule has 2 aliphatic rings. The molecule has 0 aliphatic heterocycles. The summed E-state index contributed by atoms with van der Waals surface area (Å²) in [6, 6.07) is 1.83. The number of hydrogen-bond acceptors (Lipinski definition) is 4. The molecule has 0 spiro atoms. The fourth-order valence-corrected chi connectivity index (χ4v) is 3.03. The highest BCUT2D eigenvalue weighted by Crippen LogP contribution is 2.44. The van der Waals surface area contributed by atoms with Crippen molar-refractivity contribution in [3.05, 3.63) is 17.0 Å². The van der Waals surface area contributed by atoms with Gasteiger partial charge in [0.15, 0.2) is 0 Å². The Morgan fingerprint density at radius 3 is 2.80 bits per heavy atom. The van der Waals surface area contributed by atoms with E-state index in [1.807, 2.05) is 6.07 Å². The summed E-state index contributed by atoms with van der Waals surface area (Å²) in [7, 11) is 1.77. The van der Waals surface area contributed by atoms with E-state index >= 15 is 0 Å². The fourth-order valence-electron chi connectivity index (χ4n) is 2.84. The maximum atomic E-state index is 6.09. The number of halogens is 1. The fraction of sp³-hybridized carbons (Fsp3) is 0.733. The molecule has 0 unspecified atom stereocenters. The molecule has 110 valence electrons. The van der Waals surface area contributed by atoms with Crippen molar-refractivity contribution in [3.63, 3.8) is 0 Å². The van der Waals surface area contributed by atoms with Crippen molar-refractivity contribution in [2.45, 2.75) is 44.4 Å². The first-order valence-corrected chi connectivity index (χ1v) is 7.86. The molecule has 0 amide bonds. The summed E-state index contributed by atoms with van der Waals surface area (Å²) in [6.07, 6.45) is 7.37. The summed E-state index contributed by atoms with van der Waals surface area (Å²) in [5.41, 5.74) is 0.382. The first-order valence-electron chi connectivity index (χ1n) is 7.48. The summed E-state index contributed by atoms with van der Waals surface area (Å²) in [5, 5.41) is 4.01. The van der Waals surface area contributed by atoms with E-state index in [2.05, 4.69) is 15.3 Å². The predicted octanol–water partition coefficient (Wildman–Crippen LogP) is 3.63. The molecule has 5 heteroatoms. The van der Waals surface area contributed by atoms with Gasteiger partial charge in [-0.15, -0.1) is 0 Å². The van der Waals surface area contributed by atoms with Gasteiger partial charge in [-0.3, -0.25) is 0 Å². The molecule has 0 radical (unpaired) electrons. The molecule has 1 aromatic heterocycles. The largest absolute Gasteiger partial charge is 0.385 e. The Bertz CT molecular complexity index is 472. The van der Waals surface area contributed by atoms with Crippen molar-refractivity contribution in [2.75, 3.05) is 25.6 Å². The first-order chi connectivity index (χ1) is 9.71. The average molecular weight is 296 g/mol. The molecule has 4 nitrogen and oxygen atoms in total. The molecule has 0 saturated heterocycles. The summed E-state index contributed by atoms with van der Waals surface area (Å²) in [6.45, 7) is 1.79. The Hall–Kier alpha value is -0.870. The molecule has 2 fully saturated rings. The Labute approximate surface area is 125 Å². The molecule has 20 heavy (non-hydrogen) atoms. The molecule has 2 aliphatic carbocycles. The third kappa shape index (κ3) is 3.23. The summed E-state index contributed by atoms with van der Waals surface area (Å²) < 4.78 is 5.23. The number of methoxy groups -OCH3 is 1. The van der Waals surface area contributed by atoms with Crippen LogP contribution in [0.2, 0.25) is 5.15 Å². The van der Waals surface area contributed by atoms with Crippen LogP contribution in [0.3, 0.4) is 0 Å². The van der Waals surface area contributed by atoms with Gasteiger partial charge in [-0.2, -0.15) is 0 Å². The maximum Gasteiger partial charge on any atom is 0.135 e. The highest BCUT2D eigenvalue weighted by atomic mass is 35.5. The van der Waals surface area contributed by atoms with Gasteiger partial charge in [0.25, 0.3) is 0 Å². The van der Waals surface area contributed by atoms with Crippen molar-refractivity contribution in [1.82, 2.24) is 9.97 Å². The van der Waals surface area contributed by atoms with E-state index in [0.29, 0.717) is 16.5 Å². The predicted molar refractivity (Wildman–Crippen MR) is 80.3 cm³/mol. The Kier molecular flexibility index (Phi) is 4.13. The molecule has 2 saturated carbocycles. The second-order valence-corrected chi connectivity index (χ2v) is 6.55. The minimum Gasteiger partial charge on any atom is -0.385 e. The normalized spacial score (nSPS) is 20.5. The molecule has 1 N–H and O–H groups in total. The Balaban J connectivity index is 1.62. The molecular formula is C15H22ClN3O. The minimum atomic E-state index is 0.382. The van der Waals surface area contributed by atoms with Crippen molar-refractivity contribution in [2.24, 2.45) is 5.41 Å². The third-order valence-electron chi connectivity index (χ3n) is 4.55. The molecule has 0 atom stereocenters. The molecule has 3 rings (SSSR count). The zero-order chi connectivity index (χ0) is 14.0. The zero-order valence-corrected chi connectivity index (χ0v) is 12.7. The van der Waals surface area contributed by atoms with Crippen LogP contribution in [0.25, 0.3) is 0 Å². The van der Waals surface area contributed by atoms with Crippen molar-refractivity contribution >= 4 is 17.4 Å². The lowest BCUT2D eigenvalue weighted by atomic mass is 9.67. The molecule has 0 bridgehead atoms. The van der Waals surface area contributed by atoms with Crippen molar-refractivity contribution in [1.29, 1.82) is 0 Å². The van der Waals surface area contributed by atoms with Gasteiger partial charge < -0.3 is 10.1 Å². The minimum absolute atomic E-state index is 0.382. The molecule has 1 aromatic rings. The van der Waals surface area contributed by atoms with E-state index in [0.717, 1.165) is 31.2 Å². The van der Waals surface area contributed by atoms with Crippen molar-refractivity contribution < 1.29 is 4.74 Å². The number of anilines is 1. The van der Waals surface area contributed by atoms with E-state index in [1.165, 1.54) is 32.1 Å². The van der Waals surface area contributed by atoms with Gasteiger partial charge in [-0.05, 0) is 37.5 Å². The van der Waals surface area contributed by atoms with Gasteiger partial charge in [0.2, 0.25) is 0 Å². The number of aromatic nitrogens is 2. The number of ether oxygens (including phenoxy) is 1. The molecule has 1 heterocycles. The second kappa shape index (κ2) is 5.86. The lowest BCUT2D eigenvalue weighted by molar-refractivity contribution is 0.0812. The van der Waals surface area contributed by atoms with Gasteiger partial charge in [-0.1, -0.05) is 18.0 Å². The lowest BCUT2D eigenvalue weighted by Crippen LogP contribution is -2.37. The van der Waals surface area contributed by atoms with E-state index < -0.39 is 0 Å². The summed E-state index contributed by atoms with van der Waals surface area (Å²) in [5.74, 6) is 2.30. The number of nitrogens with zero attached hydrogens (tertiary/aromatic N) is 2. The second-order valence-electron chi connectivity index (χ2n) is 6.16. The molecule has 0 aromatic carbocycles. The van der Waals surface area contributed by atoms with Crippen LogP contribution in [0.15, 0.2) is 6.07 Å². The average Bonchev–Trinajstić information content (AvgIpc) is 3.21. The van der Waals surface area contributed by atoms with Crippen LogP contribution in [0.1, 0.15) is 50.3 Å². The van der Waals surface area contributed by atoms with Gasteiger partial charge >= 0.3 is 0 Å². The SMILES string of the molecule is COCCC1(CNc2cc(Cl)nc(C3CC3)n2)CCC1. The standard InChI is InChI=1S/C15H22ClN3O/c1-20-8-7-15(5-2-6-15)10-17-13-9-12(16)18-14(19-13)11-3-4-11/h9,11H,2-8,10H2,1H3,(H,17,18,19). The van der Waals surface area contributed by atoms with Gasteiger partial charge in [0.05, 0.1) is 0 Å². The van der Waals surface area contributed by atoms with Crippen LogP contribution in [0.4, 0.5) is 5.82 Å². The maximum absolute atomic E-state index is 6.09. The Morgan fingerprint density at radius 2 is 2.20 bits per heavy atom.